The molecule has 4 fully saturated rings. The molecule has 0 amide bonds. The molecule has 4 atom stereocenters. The summed E-state index contributed by atoms with van der Waals surface area (Å²) in [5.74, 6) is 2.46. The summed E-state index contributed by atoms with van der Waals surface area (Å²) in [5, 5.41) is 7.61. The van der Waals surface area contributed by atoms with Gasteiger partial charge in [0.2, 0.25) is 5.95 Å². The van der Waals surface area contributed by atoms with Gasteiger partial charge in [-0.1, -0.05) is 12.8 Å². The monoisotopic (exact) mass is 398 g/mol. The first-order chi connectivity index (χ1) is 14.3. The molecule has 1 spiro atoms. The summed E-state index contributed by atoms with van der Waals surface area (Å²) in [6.07, 6.45) is 12.9. The number of anilines is 1. The van der Waals surface area contributed by atoms with Gasteiger partial charge in [0.05, 0.1) is 6.10 Å². The highest BCUT2D eigenvalue weighted by Crippen LogP contribution is 2.60. The molecule has 158 valence electrons. The third-order valence-electron chi connectivity index (χ3n) is 7.49. The zero-order valence-corrected chi connectivity index (χ0v) is 17.5. The number of aliphatic imine (C=N–C) groups is 1. The maximum Gasteiger partial charge on any atom is 0.225 e. The number of hydrogen-bond acceptors (Lipinski definition) is 5. The van der Waals surface area contributed by atoms with Crippen LogP contribution in [0, 0.1) is 11.3 Å². The van der Waals surface area contributed by atoms with Gasteiger partial charge < -0.3 is 20.3 Å². The van der Waals surface area contributed by atoms with Gasteiger partial charge in [0, 0.05) is 62.1 Å². The minimum atomic E-state index is 0.341. The summed E-state index contributed by atoms with van der Waals surface area (Å²) in [6, 6.07) is 2.74. The number of aromatic nitrogens is 2. The molecule has 2 aliphatic heterocycles. The van der Waals surface area contributed by atoms with E-state index in [4.69, 9.17) is 9.73 Å². The highest BCUT2D eigenvalue weighted by Gasteiger charge is 2.65. The van der Waals surface area contributed by atoms with E-state index in [-0.39, 0.29) is 0 Å². The normalized spacial score (nSPS) is 33.4. The van der Waals surface area contributed by atoms with Crippen LogP contribution < -0.4 is 15.5 Å². The Labute approximate surface area is 173 Å². The van der Waals surface area contributed by atoms with Gasteiger partial charge in [-0.05, 0) is 45.1 Å². The van der Waals surface area contributed by atoms with Gasteiger partial charge in [0.1, 0.15) is 0 Å². The van der Waals surface area contributed by atoms with Crippen molar-refractivity contribution in [2.45, 2.75) is 70.1 Å². The Balaban J connectivity index is 1.26. The Kier molecular flexibility index (Phi) is 5.33. The zero-order valence-electron chi connectivity index (χ0n) is 17.5. The fourth-order valence-electron chi connectivity index (χ4n) is 6.27. The largest absolute Gasteiger partial charge is 0.377 e. The van der Waals surface area contributed by atoms with Crippen LogP contribution in [-0.2, 0) is 4.74 Å². The van der Waals surface area contributed by atoms with E-state index in [1.54, 1.807) is 0 Å². The second kappa shape index (κ2) is 8.09. The molecule has 1 aromatic rings. The number of ether oxygens (including phenoxy) is 1. The lowest BCUT2D eigenvalue weighted by atomic mass is 9.54. The minimum absolute atomic E-state index is 0.341. The number of nitrogens with one attached hydrogen (secondary N) is 2. The Morgan fingerprint density at radius 1 is 1.21 bits per heavy atom. The number of hydrogen-bond donors (Lipinski definition) is 2. The minimum Gasteiger partial charge on any atom is -0.377 e. The molecule has 5 rings (SSSR count). The fourth-order valence-corrected chi connectivity index (χ4v) is 6.27. The van der Waals surface area contributed by atoms with Gasteiger partial charge in [-0.2, -0.15) is 0 Å². The van der Waals surface area contributed by atoms with E-state index in [1.807, 2.05) is 18.5 Å². The topological polar surface area (TPSA) is 74.7 Å². The number of rotatable bonds is 4. The Morgan fingerprint density at radius 2 is 2.03 bits per heavy atom. The predicted molar refractivity (Wildman–Crippen MR) is 114 cm³/mol. The van der Waals surface area contributed by atoms with Gasteiger partial charge in [0.15, 0.2) is 5.96 Å². The van der Waals surface area contributed by atoms with E-state index in [2.05, 4.69) is 32.4 Å². The first kappa shape index (κ1) is 19.1. The van der Waals surface area contributed by atoms with Gasteiger partial charge in [-0.25, -0.2) is 9.97 Å². The molecule has 7 heteroatoms. The highest BCUT2D eigenvalue weighted by atomic mass is 16.5. The van der Waals surface area contributed by atoms with Crippen molar-refractivity contribution in [3.05, 3.63) is 18.5 Å². The summed E-state index contributed by atoms with van der Waals surface area (Å²) in [5.41, 5.74) is 0.341. The molecule has 1 aromatic heterocycles. The molecule has 4 unspecified atom stereocenters. The van der Waals surface area contributed by atoms with Crippen LogP contribution in [-0.4, -0.2) is 60.4 Å². The van der Waals surface area contributed by atoms with E-state index in [9.17, 15) is 0 Å². The molecule has 2 N–H and O–H groups in total. The van der Waals surface area contributed by atoms with Crippen LogP contribution >= 0.6 is 0 Å². The Morgan fingerprint density at radius 3 is 2.83 bits per heavy atom. The Hall–Kier alpha value is -1.89. The molecule has 0 aromatic carbocycles. The SMILES string of the molecule is CCN=C(NC1CCCN(c2ncccn2)C1)NC1C2CCOC2C12CCCC2. The molecule has 4 aliphatic rings. The lowest BCUT2D eigenvalue weighted by Gasteiger charge is -2.57. The molecule has 2 saturated heterocycles. The van der Waals surface area contributed by atoms with Crippen molar-refractivity contribution in [3.8, 4) is 0 Å². The summed E-state index contributed by atoms with van der Waals surface area (Å²) >= 11 is 0. The average molecular weight is 399 g/mol. The maximum absolute atomic E-state index is 6.15. The molecule has 0 radical (unpaired) electrons. The van der Waals surface area contributed by atoms with Crippen molar-refractivity contribution in [3.63, 3.8) is 0 Å². The van der Waals surface area contributed by atoms with E-state index < -0.39 is 0 Å². The van der Waals surface area contributed by atoms with Crippen molar-refractivity contribution in [1.82, 2.24) is 20.6 Å². The number of guanidine groups is 1. The van der Waals surface area contributed by atoms with Crippen LogP contribution in [0.15, 0.2) is 23.5 Å². The maximum atomic E-state index is 6.15. The lowest BCUT2D eigenvalue weighted by molar-refractivity contribution is -0.125. The van der Waals surface area contributed by atoms with Gasteiger partial charge in [0.25, 0.3) is 0 Å². The molecule has 0 bridgehead atoms. The number of fused-ring (bicyclic) bond motifs is 2. The molecule has 29 heavy (non-hydrogen) atoms. The van der Waals surface area contributed by atoms with E-state index in [0.29, 0.717) is 29.5 Å². The summed E-state index contributed by atoms with van der Waals surface area (Å²) < 4.78 is 6.15. The first-order valence-corrected chi connectivity index (χ1v) is 11.5. The Bertz CT molecular complexity index is 719. The van der Waals surface area contributed by atoms with Crippen molar-refractivity contribution in [2.75, 3.05) is 31.1 Å². The zero-order chi connectivity index (χ0) is 19.7. The smallest absolute Gasteiger partial charge is 0.225 e. The van der Waals surface area contributed by atoms with Crippen LogP contribution in [0.4, 0.5) is 5.95 Å². The molecular formula is C22H34N6O. The standard InChI is InChI=1S/C22H34N6O/c1-2-23-20(26-16-7-5-13-28(15-16)21-24-11-6-12-25-21)27-18-17-8-14-29-19(17)22(18)9-3-4-10-22/h6,11-12,16-19H,2-5,7-10,13-15H2,1H3,(H2,23,26,27). The van der Waals surface area contributed by atoms with Crippen molar-refractivity contribution in [2.24, 2.45) is 16.3 Å². The average Bonchev–Trinajstić information content (AvgIpc) is 3.42. The van der Waals surface area contributed by atoms with Gasteiger partial charge >= 0.3 is 0 Å². The summed E-state index contributed by atoms with van der Waals surface area (Å²) in [4.78, 5) is 16.0. The second-order valence-electron chi connectivity index (χ2n) is 9.11. The molecule has 2 aliphatic carbocycles. The van der Waals surface area contributed by atoms with Crippen LogP contribution in [0.1, 0.15) is 51.9 Å². The third kappa shape index (κ3) is 3.47. The van der Waals surface area contributed by atoms with Gasteiger partial charge in [-0.3, -0.25) is 4.99 Å². The third-order valence-corrected chi connectivity index (χ3v) is 7.49. The predicted octanol–water partition coefficient (Wildman–Crippen LogP) is 2.35. The number of piperidine rings is 1. The van der Waals surface area contributed by atoms with E-state index in [1.165, 1.54) is 32.1 Å². The van der Waals surface area contributed by atoms with E-state index in [0.717, 1.165) is 51.0 Å². The van der Waals surface area contributed by atoms with Crippen LogP contribution in [0.5, 0.6) is 0 Å². The fraction of sp³-hybridized carbons (Fsp3) is 0.773. The molecule has 3 heterocycles. The van der Waals surface area contributed by atoms with E-state index >= 15 is 0 Å². The molecule has 2 saturated carbocycles. The lowest BCUT2D eigenvalue weighted by Crippen LogP contribution is -2.70. The highest BCUT2D eigenvalue weighted by molar-refractivity contribution is 5.81. The first-order valence-electron chi connectivity index (χ1n) is 11.5. The quantitative estimate of drug-likeness (QED) is 0.599. The van der Waals surface area contributed by atoms with Gasteiger partial charge in [-0.15, -0.1) is 0 Å². The summed E-state index contributed by atoms with van der Waals surface area (Å²) in [6.45, 7) is 5.76. The number of nitrogens with zero attached hydrogens (tertiary/aromatic N) is 4. The van der Waals surface area contributed by atoms with Crippen molar-refractivity contribution in [1.29, 1.82) is 0 Å². The van der Waals surface area contributed by atoms with Crippen molar-refractivity contribution >= 4 is 11.9 Å². The summed E-state index contributed by atoms with van der Waals surface area (Å²) in [7, 11) is 0. The molecular weight excluding hydrogens is 364 g/mol. The van der Waals surface area contributed by atoms with Crippen LogP contribution in [0.2, 0.25) is 0 Å². The van der Waals surface area contributed by atoms with Crippen LogP contribution in [0.25, 0.3) is 0 Å². The van der Waals surface area contributed by atoms with Crippen LogP contribution in [0.3, 0.4) is 0 Å². The second-order valence-corrected chi connectivity index (χ2v) is 9.11. The van der Waals surface area contributed by atoms with Crippen molar-refractivity contribution < 1.29 is 4.74 Å². The molecule has 7 nitrogen and oxygen atoms in total.